The number of carbonyl (C=O) groups is 1. The van der Waals surface area contributed by atoms with Gasteiger partial charge in [-0.3, -0.25) is 4.79 Å². The Bertz CT molecular complexity index is 425. The molecule has 0 bridgehead atoms. The molecule has 1 aliphatic rings. The van der Waals surface area contributed by atoms with Crippen LogP contribution in [-0.4, -0.2) is 5.78 Å². The minimum absolute atomic E-state index is 0.0989. The SMILES string of the molecule is C#CC1(C)CCc2ccccc2C1=O. The molecule has 2 rings (SSSR count). The third-order valence-electron chi connectivity index (χ3n) is 2.98. The zero-order chi connectivity index (χ0) is 10.2. The quantitative estimate of drug-likeness (QED) is 0.566. The number of ketones is 1. The molecule has 14 heavy (non-hydrogen) atoms. The van der Waals surface area contributed by atoms with E-state index in [0.29, 0.717) is 0 Å². The van der Waals surface area contributed by atoms with Crippen molar-refractivity contribution in [2.75, 3.05) is 0 Å². The summed E-state index contributed by atoms with van der Waals surface area (Å²) in [6.45, 7) is 1.85. The number of Topliss-reactive ketones (excluding diaryl/α,β-unsaturated/α-hetero) is 1. The van der Waals surface area contributed by atoms with Crippen LogP contribution < -0.4 is 0 Å². The standard InChI is InChI=1S/C13H12O/c1-3-13(2)9-8-10-6-4-5-7-11(10)12(13)14/h1,4-7H,8-9H2,2H3. The van der Waals surface area contributed by atoms with Crippen LogP contribution >= 0.6 is 0 Å². The molecule has 1 nitrogen and oxygen atoms in total. The van der Waals surface area contributed by atoms with Crippen LogP contribution in [0.25, 0.3) is 0 Å². The van der Waals surface area contributed by atoms with Gasteiger partial charge in [0.05, 0.1) is 5.41 Å². The van der Waals surface area contributed by atoms with Gasteiger partial charge in [-0.25, -0.2) is 0 Å². The third kappa shape index (κ3) is 1.15. The molecular formula is C13H12O. The fourth-order valence-electron chi connectivity index (χ4n) is 1.89. The molecule has 0 N–H and O–H groups in total. The van der Waals surface area contributed by atoms with E-state index in [1.54, 1.807) is 0 Å². The highest BCUT2D eigenvalue weighted by Crippen LogP contribution is 2.34. The van der Waals surface area contributed by atoms with E-state index >= 15 is 0 Å². The molecule has 1 aromatic carbocycles. The van der Waals surface area contributed by atoms with Crippen molar-refractivity contribution in [1.29, 1.82) is 0 Å². The Kier molecular flexibility index (Phi) is 1.93. The molecule has 0 saturated heterocycles. The molecule has 1 aliphatic carbocycles. The number of hydrogen-bond acceptors (Lipinski definition) is 1. The van der Waals surface area contributed by atoms with E-state index in [-0.39, 0.29) is 5.78 Å². The Morgan fingerprint density at radius 1 is 1.43 bits per heavy atom. The van der Waals surface area contributed by atoms with Gasteiger partial charge in [0, 0.05) is 5.56 Å². The van der Waals surface area contributed by atoms with Gasteiger partial charge in [0.2, 0.25) is 0 Å². The first-order valence-electron chi connectivity index (χ1n) is 4.78. The molecule has 0 spiro atoms. The molecule has 1 atom stereocenters. The van der Waals surface area contributed by atoms with Gasteiger partial charge in [-0.2, -0.15) is 0 Å². The molecule has 0 heterocycles. The highest BCUT2D eigenvalue weighted by molar-refractivity contribution is 6.04. The van der Waals surface area contributed by atoms with Crippen molar-refractivity contribution in [2.24, 2.45) is 5.41 Å². The van der Waals surface area contributed by atoms with E-state index in [1.165, 1.54) is 0 Å². The number of hydrogen-bond donors (Lipinski definition) is 0. The summed E-state index contributed by atoms with van der Waals surface area (Å²) >= 11 is 0. The van der Waals surface area contributed by atoms with Crippen LogP contribution in [0.1, 0.15) is 29.3 Å². The number of rotatable bonds is 0. The van der Waals surface area contributed by atoms with Crippen molar-refractivity contribution >= 4 is 5.78 Å². The molecular weight excluding hydrogens is 172 g/mol. The lowest BCUT2D eigenvalue weighted by atomic mass is 9.72. The summed E-state index contributed by atoms with van der Waals surface area (Å²) in [5.41, 5.74) is 1.35. The summed E-state index contributed by atoms with van der Waals surface area (Å²) in [5, 5.41) is 0. The van der Waals surface area contributed by atoms with Crippen LogP contribution in [0.4, 0.5) is 0 Å². The summed E-state index contributed by atoms with van der Waals surface area (Å²) in [4.78, 5) is 12.0. The molecule has 0 aromatic heterocycles. The fourth-order valence-corrected chi connectivity index (χ4v) is 1.89. The van der Waals surface area contributed by atoms with Crippen molar-refractivity contribution < 1.29 is 4.79 Å². The molecule has 1 unspecified atom stereocenters. The van der Waals surface area contributed by atoms with Crippen LogP contribution in [0.15, 0.2) is 24.3 Å². The average molecular weight is 184 g/mol. The maximum absolute atomic E-state index is 12.0. The molecule has 0 radical (unpaired) electrons. The number of carbonyl (C=O) groups excluding carboxylic acids is 1. The fraction of sp³-hybridized carbons (Fsp3) is 0.308. The van der Waals surface area contributed by atoms with Crippen LogP contribution in [0, 0.1) is 17.8 Å². The van der Waals surface area contributed by atoms with E-state index < -0.39 is 5.41 Å². The number of fused-ring (bicyclic) bond motifs is 1. The topological polar surface area (TPSA) is 17.1 Å². The molecule has 1 heteroatoms. The highest BCUT2D eigenvalue weighted by atomic mass is 16.1. The zero-order valence-corrected chi connectivity index (χ0v) is 8.21. The van der Waals surface area contributed by atoms with E-state index in [1.807, 2.05) is 31.2 Å². The average Bonchev–Trinajstić information content (AvgIpc) is 2.24. The summed E-state index contributed by atoms with van der Waals surface area (Å²) in [6.07, 6.45) is 7.08. The van der Waals surface area contributed by atoms with Gasteiger partial charge < -0.3 is 0 Å². The first-order chi connectivity index (χ1) is 6.67. The second-order valence-electron chi connectivity index (χ2n) is 3.96. The van der Waals surface area contributed by atoms with E-state index in [9.17, 15) is 4.79 Å². The van der Waals surface area contributed by atoms with E-state index in [4.69, 9.17) is 6.42 Å². The zero-order valence-electron chi connectivity index (χ0n) is 8.21. The summed E-state index contributed by atoms with van der Waals surface area (Å²) < 4.78 is 0. The van der Waals surface area contributed by atoms with Gasteiger partial charge in [0.1, 0.15) is 0 Å². The summed E-state index contributed by atoms with van der Waals surface area (Å²) in [7, 11) is 0. The van der Waals surface area contributed by atoms with Gasteiger partial charge >= 0.3 is 0 Å². The van der Waals surface area contributed by atoms with Crippen LogP contribution in [0.2, 0.25) is 0 Å². The molecule has 0 aliphatic heterocycles. The number of benzene rings is 1. The minimum atomic E-state index is -0.589. The van der Waals surface area contributed by atoms with Crippen molar-refractivity contribution in [2.45, 2.75) is 19.8 Å². The number of aryl methyl sites for hydroxylation is 1. The largest absolute Gasteiger partial charge is 0.292 e. The minimum Gasteiger partial charge on any atom is -0.292 e. The van der Waals surface area contributed by atoms with Gasteiger partial charge in [-0.15, -0.1) is 6.42 Å². The maximum atomic E-state index is 12.0. The maximum Gasteiger partial charge on any atom is 0.180 e. The predicted octanol–water partition coefficient (Wildman–Crippen LogP) is 2.46. The Hall–Kier alpha value is -1.55. The van der Waals surface area contributed by atoms with Crippen molar-refractivity contribution in [3.05, 3.63) is 35.4 Å². The third-order valence-corrected chi connectivity index (χ3v) is 2.98. The molecule has 0 fully saturated rings. The van der Waals surface area contributed by atoms with Gasteiger partial charge in [0.25, 0.3) is 0 Å². The molecule has 70 valence electrons. The van der Waals surface area contributed by atoms with Crippen LogP contribution in [0.5, 0.6) is 0 Å². The molecule has 0 amide bonds. The van der Waals surface area contributed by atoms with Crippen molar-refractivity contribution in [1.82, 2.24) is 0 Å². The smallest absolute Gasteiger partial charge is 0.180 e. The lowest BCUT2D eigenvalue weighted by Gasteiger charge is -2.28. The van der Waals surface area contributed by atoms with Crippen molar-refractivity contribution in [3.63, 3.8) is 0 Å². The lowest BCUT2D eigenvalue weighted by Crippen LogP contribution is -2.31. The second-order valence-corrected chi connectivity index (χ2v) is 3.96. The first kappa shape index (κ1) is 9.02. The normalized spacial score (nSPS) is 25.3. The Morgan fingerprint density at radius 3 is 2.86 bits per heavy atom. The van der Waals surface area contributed by atoms with Crippen LogP contribution in [0.3, 0.4) is 0 Å². The number of terminal acetylenes is 1. The Balaban J connectivity index is 2.53. The lowest BCUT2D eigenvalue weighted by molar-refractivity contribution is 0.0856. The monoisotopic (exact) mass is 184 g/mol. The summed E-state index contributed by atoms with van der Waals surface area (Å²) in [5.74, 6) is 2.72. The Labute approximate surface area is 84.1 Å². The highest BCUT2D eigenvalue weighted by Gasteiger charge is 2.36. The predicted molar refractivity (Wildman–Crippen MR) is 56.0 cm³/mol. The molecule has 1 aromatic rings. The van der Waals surface area contributed by atoms with Gasteiger partial charge in [-0.1, -0.05) is 30.2 Å². The molecule has 0 saturated carbocycles. The van der Waals surface area contributed by atoms with E-state index in [2.05, 4.69) is 5.92 Å². The summed E-state index contributed by atoms with van der Waals surface area (Å²) in [6, 6.07) is 7.72. The van der Waals surface area contributed by atoms with Gasteiger partial charge in [-0.05, 0) is 25.3 Å². The van der Waals surface area contributed by atoms with Gasteiger partial charge in [0.15, 0.2) is 5.78 Å². The Morgan fingerprint density at radius 2 is 2.14 bits per heavy atom. The second kappa shape index (κ2) is 2.99. The first-order valence-corrected chi connectivity index (χ1v) is 4.78. The van der Waals surface area contributed by atoms with Crippen molar-refractivity contribution in [3.8, 4) is 12.3 Å². The van der Waals surface area contributed by atoms with Crippen LogP contribution in [-0.2, 0) is 6.42 Å². The van der Waals surface area contributed by atoms with E-state index in [0.717, 1.165) is 24.0 Å².